The molecule has 1 aromatic heterocycles. The number of halogens is 2. The van der Waals surface area contributed by atoms with Gasteiger partial charge in [-0.05, 0) is 29.6 Å². The van der Waals surface area contributed by atoms with E-state index in [4.69, 9.17) is 11.6 Å². The zero-order valence-corrected chi connectivity index (χ0v) is 8.20. The lowest BCUT2D eigenvalue weighted by Gasteiger charge is -2.00. The van der Waals surface area contributed by atoms with Gasteiger partial charge >= 0.3 is 0 Å². The first kappa shape index (κ1) is 8.73. The Morgan fingerprint density at radius 3 is 2.77 bits per heavy atom. The summed E-state index contributed by atoms with van der Waals surface area (Å²) in [5.74, 6) is -0.257. The van der Waals surface area contributed by atoms with Gasteiger partial charge in [-0.25, -0.2) is 4.39 Å². The Hall–Kier alpha value is -0.860. The molecule has 0 aliphatic carbocycles. The minimum atomic E-state index is -0.257. The molecular formula is C10H6ClFS. The van der Waals surface area contributed by atoms with Gasteiger partial charge in [0.2, 0.25) is 0 Å². The fourth-order valence-corrected chi connectivity index (χ4v) is 2.15. The average molecular weight is 213 g/mol. The molecule has 0 atom stereocenters. The largest absolute Gasteiger partial charge is 0.207 e. The lowest BCUT2D eigenvalue weighted by Crippen LogP contribution is -1.78. The predicted octanol–water partition coefficient (Wildman–Crippen LogP) is 4.21. The maximum absolute atomic E-state index is 12.9. The molecule has 0 fully saturated rings. The van der Waals surface area contributed by atoms with E-state index >= 15 is 0 Å². The number of rotatable bonds is 1. The molecule has 1 heterocycles. The van der Waals surface area contributed by atoms with Crippen LogP contribution < -0.4 is 0 Å². The Morgan fingerprint density at radius 2 is 2.08 bits per heavy atom. The van der Waals surface area contributed by atoms with Crippen LogP contribution >= 0.6 is 22.9 Å². The fourth-order valence-electron chi connectivity index (χ4n) is 1.12. The summed E-state index contributed by atoms with van der Waals surface area (Å²) in [4.78, 5) is 0.990. The summed E-state index contributed by atoms with van der Waals surface area (Å²) in [6.07, 6.45) is 0. The number of benzene rings is 1. The second kappa shape index (κ2) is 3.48. The van der Waals surface area contributed by atoms with Crippen LogP contribution in [0.5, 0.6) is 0 Å². The lowest BCUT2D eigenvalue weighted by atomic mass is 10.2. The van der Waals surface area contributed by atoms with E-state index in [0.29, 0.717) is 5.02 Å². The van der Waals surface area contributed by atoms with Gasteiger partial charge < -0.3 is 0 Å². The molecule has 2 rings (SSSR count). The third-order valence-corrected chi connectivity index (χ3v) is 2.95. The highest BCUT2D eigenvalue weighted by molar-refractivity contribution is 7.13. The van der Waals surface area contributed by atoms with E-state index < -0.39 is 0 Å². The van der Waals surface area contributed by atoms with E-state index in [1.54, 1.807) is 17.4 Å². The molecule has 13 heavy (non-hydrogen) atoms. The van der Waals surface area contributed by atoms with Crippen molar-refractivity contribution >= 4 is 22.9 Å². The minimum Gasteiger partial charge on any atom is -0.207 e. The molecule has 66 valence electrons. The van der Waals surface area contributed by atoms with Crippen LogP contribution in [0.15, 0.2) is 35.7 Å². The van der Waals surface area contributed by atoms with Gasteiger partial charge in [0.05, 0.1) is 0 Å². The Labute approximate surface area is 84.6 Å². The van der Waals surface area contributed by atoms with Crippen molar-refractivity contribution in [3.63, 3.8) is 0 Å². The molecule has 0 nitrogen and oxygen atoms in total. The second-order valence-corrected chi connectivity index (χ2v) is 3.96. The molecular weight excluding hydrogens is 207 g/mol. The van der Waals surface area contributed by atoms with E-state index in [2.05, 4.69) is 0 Å². The van der Waals surface area contributed by atoms with Crippen molar-refractivity contribution in [2.24, 2.45) is 0 Å². The maximum Gasteiger partial charge on any atom is 0.123 e. The molecule has 0 aliphatic heterocycles. The van der Waals surface area contributed by atoms with Crippen LogP contribution in [0.1, 0.15) is 0 Å². The van der Waals surface area contributed by atoms with E-state index in [0.717, 1.165) is 10.4 Å². The van der Waals surface area contributed by atoms with Gasteiger partial charge in [-0.2, -0.15) is 0 Å². The summed E-state index contributed by atoms with van der Waals surface area (Å²) in [7, 11) is 0. The van der Waals surface area contributed by atoms with Crippen molar-refractivity contribution in [1.82, 2.24) is 0 Å². The molecule has 0 amide bonds. The predicted molar refractivity (Wildman–Crippen MR) is 54.7 cm³/mol. The van der Waals surface area contributed by atoms with Crippen molar-refractivity contribution in [2.75, 3.05) is 0 Å². The molecule has 0 bridgehead atoms. The van der Waals surface area contributed by atoms with Crippen LogP contribution in [0.3, 0.4) is 0 Å². The SMILES string of the molecule is Fc1ccc(Cl)c(-c2cccs2)c1. The van der Waals surface area contributed by atoms with Crippen LogP contribution in [-0.4, -0.2) is 0 Å². The highest BCUT2D eigenvalue weighted by atomic mass is 35.5. The molecule has 2 aromatic rings. The van der Waals surface area contributed by atoms with E-state index in [1.165, 1.54) is 12.1 Å². The van der Waals surface area contributed by atoms with E-state index in [9.17, 15) is 4.39 Å². The van der Waals surface area contributed by atoms with Crippen molar-refractivity contribution in [1.29, 1.82) is 0 Å². The van der Waals surface area contributed by atoms with E-state index in [-0.39, 0.29) is 5.82 Å². The van der Waals surface area contributed by atoms with Crippen molar-refractivity contribution in [3.05, 3.63) is 46.6 Å². The molecule has 0 unspecified atom stereocenters. The zero-order chi connectivity index (χ0) is 9.26. The Bertz CT molecular complexity index is 409. The molecule has 3 heteroatoms. The third kappa shape index (κ3) is 1.74. The number of hydrogen-bond donors (Lipinski definition) is 0. The molecule has 1 aromatic carbocycles. The quantitative estimate of drug-likeness (QED) is 0.665. The number of thiophene rings is 1. The maximum atomic E-state index is 12.9. The van der Waals surface area contributed by atoms with Crippen LogP contribution in [0.25, 0.3) is 10.4 Å². The molecule has 0 saturated carbocycles. The summed E-state index contributed by atoms with van der Waals surface area (Å²) < 4.78 is 12.9. The average Bonchev–Trinajstić information content (AvgIpc) is 2.61. The third-order valence-electron chi connectivity index (χ3n) is 1.72. The Balaban J connectivity index is 2.57. The summed E-state index contributed by atoms with van der Waals surface area (Å²) in [5.41, 5.74) is 0.761. The molecule has 0 aliphatic rings. The Kier molecular flexibility index (Phi) is 2.34. The molecule has 0 spiro atoms. The van der Waals surface area contributed by atoms with Gasteiger partial charge in [0.1, 0.15) is 5.82 Å². The normalized spacial score (nSPS) is 10.3. The second-order valence-electron chi connectivity index (χ2n) is 2.60. The van der Waals surface area contributed by atoms with Crippen molar-refractivity contribution in [2.45, 2.75) is 0 Å². The van der Waals surface area contributed by atoms with Gasteiger partial charge in [-0.1, -0.05) is 17.7 Å². The monoisotopic (exact) mass is 212 g/mol. The van der Waals surface area contributed by atoms with Gasteiger partial charge in [-0.15, -0.1) is 11.3 Å². The van der Waals surface area contributed by atoms with Crippen molar-refractivity contribution < 1.29 is 4.39 Å². The van der Waals surface area contributed by atoms with Crippen molar-refractivity contribution in [3.8, 4) is 10.4 Å². The van der Waals surface area contributed by atoms with Crippen LogP contribution in [0, 0.1) is 5.82 Å². The molecule has 0 N–H and O–H groups in total. The lowest BCUT2D eigenvalue weighted by molar-refractivity contribution is 0.628. The van der Waals surface area contributed by atoms with Gasteiger partial charge in [0.25, 0.3) is 0 Å². The van der Waals surface area contributed by atoms with Gasteiger partial charge in [-0.3, -0.25) is 0 Å². The Morgan fingerprint density at radius 1 is 1.23 bits per heavy atom. The summed E-state index contributed by atoms with van der Waals surface area (Å²) in [5, 5.41) is 2.53. The van der Waals surface area contributed by atoms with Crippen LogP contribution in [0.2, 0.25) is 5.02 Å². The molecule has 0 radical (unpaired) electrons. The summed E-state index contributed by atoms with van der Waals surface area (Å²) in [6.45, 7) is 0. The van der Waals surface area contributed by atoms with Gasteiger partial charge in [0.15, 0.2) is 0 Å². The van der Waals surface area contributed by atoms with E-state index in [1.807, 2.05) is 17.5 Å². The topological polar surface area (TPSA) is 0 Å². The standard InChI is InChI=1S/C10H6ClFS/c11-9-4-3-7(12)6-8(9)10-2-1-5-13-10/h1-6H. The van der Waals surface area contributed by atoms with Crippen LogP contribution in [0.4, 0.5) is 4.39 Å². The first-order valence-electron chi connectivity index (χ1n) is 3.76. The number of hydrogen-bond acceptors (Lipinski definition) is 1. The van der Waals surface area contributed by atoms with Crippen LogP contribution in [-0.2, 0) is 0 Å². The van der Waals surface area contributed by atoms with Gasteiger partial charge in [0, 0.05) is 15.5 Å². The summed E-state index contributed by atoms with van der Waals surface area (Å²) >= 11 is 7.48. The first-order chi connectivity index (χ1) is 6.27. The first-order valence-corrected chi connectivity index (χ1v) is 5.02. The minimum absolute atomic E-state index is 0.257. The zero-order valence-electron chi connectivity index (χ0n) is 6.63. The smallest absolute Gasteiger partial charge is 0.123 e. The summed E-state index contributed by atoms with van der Waals surface area (Å²) in [6, 6.07) is 8.23. The fraction of sp³-hybridized carbons (Fsp3) is 0. The highest BCUT2D eigenvalue weighted by Crippen LogP contribution is 2.31. The highest BCUT2D eigenvalue weighted by Gasteiger charge is 2.04. The molecule has 0 saturated heterocycles.